The molecule has 1 aliphatic rings. The van der Waals surface area contributed by atoms with Crippen molar-refractivity contribution < 1.29 is 39.8 Å². The molecule has 1 fully saturated rings. The van der Waals surface area contributed by atoms with Crippen LogP contribution in [-0.4, -0.2) is 87.5 Å². The molecule has 1 aliphatic heterocycles. The molecule has 0 saturated carbocycles. The predicted octanol–water partition coefficient (Wildman–Crippen LogP) is 5.83. The zero-order valence-corrected chi connectivity index (χ0v) is 28.6. The average Bonchev–Trinajstić information content (AvgIpc) is 3.04. The SMILES string of the molecule is CCCC/C=C\CCCCCCCC(=O)NC(COC1OC(CO)C(O)C(O)C1O)C(O)CCCCCCCCCCCCC. The van der Waals surface area contributed by atoms with Crippen molar-refractivity contribution in [2.45, 2.75) is 198 Å². The largest absolute Gasteiger partial charge is 0.394 e. The molecule has 0 aromatic carbocycles. The maximum atomic E-state index is 12.8. The van der Waals surface area contributed by atoms with Crippen LogP contribution in [0.2, 0.25) is 0 Å². The van der Waals surface area contributed by atoms with Gasteiger partial charge in [-0.15, -0.1) is 0 Å². The molecule has 0 radical (unpaired) electrons. The molecule has 1 heterocycles. The minimum absolute atomic E-state index is 0.139. The predicted molar refractivity (Wildman–Crippen MR) is 180 cm³/mol. The molecule has 0 aromatic heterocycles. The van der Waals surface area contributed by atoms with Crippen LogP contribution in [0, 0.1) is 0 Å². The number of aliphatic hydroxyl groups is 5. The lowest BCUT2D eigenvalue weighted by Crippen LogP contribution is -2.60. The Bertz CT molecular complexity index is 721. The Labute approximate surface area is 274 Å². The van der Waals surface area contributed by atoms with Crippen molar-refractivity contribution in [3.63, 3.8) is 0 Å². The molecule has 0 aliphatic carbocycles. The number of rotatable bonds is 29. The number of carbonyl (C=O) groups is 1. The molecule has 1 amide bonds. The van der Waals surface area contributed by atoms with Crippen LogP contribution in [0.1, 0.15) is 155 Å². The Hall–Kier alpha value is -1.07. The van der Waals surface area contributed by atoms with Gasteiger partial charge in [0.05, 0.1) is 25.4 Å². The Kier molecular flexibility index (Phi) is 26.1. The molecule has 45 heavy (non-hydrogen) atoms. The fourth-order valence-corrected chi connectivity index (χ4v) is 5.79. The van der Waals surface area contributed by atoms with Crippen molar-refractivity contribution in [2.75, 3.05) is 13.2 Å². The number of carbonyl (C=O) groups excluding carboxylic acids is 1. The third kappa shape index (κ3) is 20.0. The van der Waals surface area contributed by atoms with E-state index in [4.69, 9.17) is 9.47 Å². The fourth-order valence-electron chi connectivity index (χ4n) is 5.79. The third-order valence-corrected chi connectivity index (χ3v) is 8.87. The highest BCUT2D eigenvalue weighted by atomic mass is 16.7. The van der Waals surface area contributed by atoms with Crippen LogP contribution in [0.15, 0.2) is 12.2 Å². The normalized spacial score (nSPS) is 23.4. The second kappa shape index (κ2) is 28.0. The summed E-state index contributed by atoms with van der Waals surface area (Å²) in [5.74, 6) is -0.158. The number of allylic oxidation sites excluding steroid dienone is 2. The maximum Gasteiger partial charge on any atom is 0.220 e. The topological polar surface area (TPSA) is 149 Å². The first-order valence-electron chi connectivity index (χ1n) is 18.4. The van der Waals surface area contributed by atoms with E-state index in [9.17, 15) is 30.3 Å². The lowest BCUT2D eigenvalue weighted by Gasteiger charge is -2.40. The molecule has 1 rings (SSSR count). The molecule has 1 saturated heterocycles. The molecular weight excluding hydrogens is 574 g/mol. The number of hydrogen-bond acceptors (Lipinski definition) is 8. The van der Waals surface area contributed by atoms with E-state index < -0.39 is 49.5 Å². The Morgan fingerprint density at radius 1 is 0.733 bits per heavy atom. The zero-order valence-electron chi connectivity index (χ0n) is 28.6. The van der Waals surface area contributed by atoms with Crippen molar-refractivity contribution >= 4 is 5.91 Å². The van der Waals surface area contributed by atoms with Crippen molar-refractivity contribution in [2.24, 2.45) is 0 Å². The fraction of sp³-hybridized carbons (Fsp3) is 0.917. The number of hydrogen-bond donors (Lipinski definition) is 6. The summed E-state index contributed by atoms with van der Waals surface area (Å²) in [6, 6.07) is -0.715. The van der Waals surface area contributed by atoms with E-state index in [1.54, 1.807) is 0 Å². The molecule has 0 aromatic rings. The number of ether oxygens (including phenoxy) is 2. The minimum atomic E-state index is -1.55. The van der Waals surface area contributed by atoms with Crippen LogP contribution >= 0.6 is 0 Å². The van der Waals surface area contributed by atoms with Gasteiger partial charge in [-0.25, -0.2) is 0 Å². The molecule has 6 N–H and O–H groups in total. The third-order valence-electron chi connectivity index (χ3n) is 8.87. The first-order chi connectivity index (χ1) is 21.8. The van der Waals surface area contributed by atoms with Gasteiger partial charge in [0, 0.05) is 6.42 Å². The van der Waals surface area contributed by atoms with Gasteiger partial charge >= 0.3 is 0 Å². The Morgan fingerprint density at radius 3 is 1.87 bits per heavy atom. The monoisotopic (exact) mass is 644 g/mol. The van der Waals surface area contributed by atoms with Crippen LogP contribution in [-0.2, 0) is 14.3 Å². The molecule has 7 atom stereocenters. The standard InChI is InChI=1S/C36H69NO8/c1-3-5-7-9-11-13-15-17-19-21-23-25-30(39)29(28-44-36-35(43)34(42)33(41)31(27-38)45-36)37-32(40)26-24-22-20-18-16-14-12-10-8-6-4-2/h10,12,29-31,33-36,38-39,41-43H,3-9,11,13-28H2,1-2H3,(H,37,40)/b12-10-. The van der Waals surface area contributed by atoms with E-state index in [0.717, 1.165) is 64.2 Å². The number of unbranched alkanes of at least 4 members (excludes halogenated alkanes) is 17. The van der Waals surface area contributed by atoms with E-state index in [0.29, 0.717) is 12.8 Å². The number of nitrogens with one attached hydrogen (secondary N) is 1. The van der Waals surface area contributed by atoms with E-state index in [1.807, 2.05) is 0 Å². The summed E-state index contributed by atoms with van der Waals surface area (Å²) in [6.45, 7) is 3.74. The van der Waals surface area contributed by atoms with Gasteiger partial charge in [-0.2, -0.15) is 0 Å². The minimum Gasteiger partial charge on any atom is -0.394 e. The highest BCUT2D eigenvalue weighted by molar-refractivity contribution is 5.76. The van der Waals surface area contributed by atoms with Gasteiger partial charge in [-0.05, 0) is 32.1 Å². The van der Waals surface area contributed by atoms with Gasteiger partial charge in [0.2, 0.25) is 5.91 Å². The average molecular weight is 644 g/mol. The van der Waals surface area contributed by atoms with E-state index in [2.05, 4.69) is 31.3 Å². The molecule has 9 nitrogen and oxygen atoms in total. The van der Waals surface area contributed by atoms with Gasteiger partial charge in [-0.1, -0.05) is 129 Å². The van der Waals surface area contributed by atoms with Crippen molar-refractivity contribution in [3.05, 3.63) is 12.2 Å². The van der Waals surface area contributed by atoms with Gasteiger partial charge in [0.15, 0.2) is 6.29 Å². The summed E-state index contributed by atoms with van der Waals surface area (Å²) in [6.07, 6.45) is 20.8. The highest BCUT2D eigenvalue weighted by Crippen LogP contribution is 2.23. The van der Waals surface area contributed by atoms with Crippen molar-refractivity contribution in [1.29, 1.82) is 0 Å². The van der Waals surface area contributed by atoms with Crippen LogP contribution in [0.4, 0.5) is 0 Å². The first-order valence-corrected chi connectivity index (χ1v) is 18.4. The van der Waals surface area contributed by atoms with Crippen LogP contribution < -0.4 is 5.32 Å². The highest BCUT2D eigenvalue weighted by Gasteiger charge is 2.44. The summed E-state index contributed by atoms with van der Waals surface area (Å²) >= 11 is 0. The molecule has 9 heteroatoms. The number of amides is 1. The summed E-state index contributed by atoms with van der Waals surface area (Å²) in [5, 5.41) is 53.9. The van der Waals surface area contributed by atoms with Crippen molar-refractivity contribution in [1.82, 2.24) is 5.32 Å². The second-order valence-corrected chi connectivity index (χ2v) is 13.0. The Balaban J connectivity index is 2.46. The van der Waals surface area contributed by atoms with E-state index in [-0.39, 0.29) is 12.5 Å². The van der Waals surface area contributed by atoms with Crippen LogP contribution in [0.3, 0.4) is 0 Å². The maximum absolute atomic E-state index is 12.8. The molecule has 7 unspecified atom stereocenters. The smallest absolute Gasteiger partial charge is 0.220 e. The lowest BCUT2D eigenvalue weighted by atomic mass is 9.99. The van der Waals surface area contributed by atoms with E-state index in [1.165, 1.54) is 64.2 Å². The quantitative estimate of drug-likeness (QED) is 0.0441. The molecule has 266 valence electrons. The number of aliphatic hydroxyl groups excluding tert-OH is 5. The zero-order chi connectivity index (χ0) is 33.1. The lowest BCUT2D eigenvalue weighted by molar-refractivity contribution is -0.302. The van der Waals surface area contributed by atoms with Crippen molar-refractivity contribution in [3.8, 4) is 0 Å². The first kappa shape index (κ1) is 42.0. The summed E-state index contributed by atoms with van der Waals surface area (Å²) in [4.78, 5) is 12.8. The molecule has 0 bridgehead atoms. The van der Waals surface area contributed by atoms with Crippen LogP contribution in [0.25, 0.3) is 0 Å². The van der Waals surface area contributed by atoms with Gasteiger partial charge < -0.3 is 40.3 Å². The summed E-state index contributed by atoms with van der Waals surface area (Å²) in [5.41, 5.74) is 0. The van der Waals surface area contributed by atoms with Crippen LogP contribution in [0.5, 0.6) is 0 Å². The van der Waals surface area contributed by atoms with Gasteiger partial charge in [0.1, 0.15) is 24.4 Å². The van der Waals surface area contributed by atoms with Gasteiger partial charge in [-0.3, -0.25) is 4.79 Å². The van der Waals surface area contributed by atoms with Gasteiger partial charge in [0.25, 0.3) is 0 Å². The summed E-state index contributed by atoms with van der Waals surface area (Å²) < 4.78 is 11.2. The summed E-state index contributed by atoms with van der Waals surface area (Å²) in [7, 11) is 0. The molecular formula is C36H69NO8. The van der Waals surface area contributed by atoms with E-state index >= 15 is 0 Å². The Morgan fingerprint density at radius 2 is 1.27 bits per heavy atom. The molecule has 0 spiro atoms. The second-order valence-electron chi connectivity index (χ2n) is 13.0.